The van der Waals surface area contributed by atoms with Gasteiger partial charge in [0, 0.05) is 12.1 Å². The number of fused-ring (bicyclic) bond motifs is 1. The quantitative estimate of drug-likeness (QED) is 0.711. The highest BCUT2D eigenvalue weighted by molar-refractivity contribution is 6.16. The normalized spacial score (nSPS) is 25.9. The third kappa shape index (κ3) is 2.36. The number of nitrogens with zero attached hydrogens (tertiary/aromatic N) is 2. The summed E-state index contributed by atoms with van der Waals surface area (Å²) in [4.78, 5) is 4.55. The molecule has 0 amide bonds. The van der Waals surface area contributed by atoms with E-state index < -0.39 is 0 Å². The molecule has 1 aliphatic carbocycles. The molecule has 3 unspecified atom stereocenters. The second-order valence-electron chi connectivity index (χ2n) is 6.29. The molecule has 3 atom stereocenters. The van der Waals surface area contributed by atoms with Gasteiger partial charge in [-0.25, -0.2) is 9.37 Å². The van der Waals surface area contributed by atoms with E-state index >= 15 is 0 Å². The molecule has 0 saturated heterocycles. The smallest absolute Gasteiger partial charge is 0.128 e. The average molecular weight is 309 g/mol. The van der Waals surface area contributed by atoms with Crippen molar-refractivity contribution >= 4 is 22.6 Å². The zero-order valence-corrected chi connectivity index (χ0v) is 13.6. The van der Waals surface area contributed by atoms with Gasteiger partial charge in [-0.15, -0.1) is 11.6 Å². The SMILES string of the molecule is CCC1CCC(n2c(CCl)nc3cc(F)c(C)cc32)C1C. The lowest BCUT2D eigenvalue weighted by atomic mass is 9.93. The van der Waals surface area contributed by atoms with Crippen molar-refractivity contribution in [2.24, 2.45) is 11.8 Å². The summed E-state index contributed by atoms with van der Waals surface area (Å²) in [5.41, 5.74) is 2.42. The Hall–Kier alpha value is -1.09. The fraction of sp³-hybridized carbons (Fsp3) is 0.588. The van der Waals surface area contributed by atoms with E-state index in [2.05, 4.69) is 23.4 Å². The molecule has 1 aromatic heterocycles. The Morgan fingerprint density at radius 2 is 2.14 bits per heavy atom. The van der Waals surface area contributed by atoms with Crippen LogP contribution in [-0.4, -0.2) is 9.55 Å². The molecule has 0 aliphatic heterocycles. The lowest BCUT2D eigenvalue weighted by Crippen LogP contribution is -2.17. The van der Waals surface area contributed by atoms with E-state index in [-0.39, 0.29) is 5.82 Å². The average Bonchev–Trinajstić information content (AvgIpc) is 2.99. The molecule has 2 aromatic rings. The lowest BCUT2D eigenvalue weighted by molar-refractivity contribution is 0.330. The van der Waals surface area contributed by atoms with E-state index in [1.165, 1.54) is 18.9 Å². The number of hydrogen-bond acceptors (Lipinski definition) is 1. The maximum absolute atomic E-state index is 13.8. The van der Waals surface area contributed by atoms with E-state index in [1.54, 1.807) is 6.92 Å². The minimum atomic E-state index is -0.195. The molecule has 1 aromatic carbocycles. The summed E-state index contributed by atoms with van der Waals surface area (Å²) >= 11 is 6.10. The number of imidazole rings is 1. The summed E-state index contributed by atoms with van der Waals surface area (Å²) in [6.45, 7) is 6.39. The van der Waals surface area contributed by atoms with E-state index in [0.717, 1.165) is 29.2 Å². The number of benzene rings is 1. The van der Waals surface area contributed by atoms with Gasteiger partial charge in [0.25, 0.3) is 0 Å². The molecule has 0 spiro atoms. The highest BCUT2D eigenvalue weighted by atomic mass is 35.5. The summed E-state index contributed by atoms with van der Waals surface area (Å²) in [6.07, 6.45) is 3.63. The molecule has 4 heteroatoms. The van der Waals surface area contributed by atoms with Gasteiger partial charge < -0.3 is 4.57 Å². The van der Waals surface area contributed by atoms with Crippen molar-refractivity contribution in [3.05, 3.63) is 29.3 Å². The number of aromatic nitrogens is 2. The maximum atomic E-state index is 13.8. The Bertz CT molecular complexity index is 664. The minimum absolute atomic E-state index is 0.195. The van der Waals surface area contributed by atoms with Crippen LogP contribution in [0.5, 0.6) is 0 Å². The first kappa shape index (κ1) is 14.8. The molecular formula is C17H22ClFN2. The van der Waals surface area contributed by atoms with Gasteiger partial charge in [0.2, 0.25) is 0 Å². The molecule has 1 heterocycles. The van der Waals surface area contributed by atoms with Gasteiger partial charge in [-0.1, -0.05) is 20.3 Å². The Kier molecular flexibility index (Phi) is 3.96. The lowest BCUT2D eigenvalue weighted by Gasteiger charge is -2.23. The first-order valence-electron chi connectivity index (χ1n) is 7.79. The van der Waals surface area contributed by atoms with E-state index in [1.807, 2.05) is 6.07 Å². The van der Waals surface area contributed by atoms with Crippen LogP contribution in [0.2, 0.25) is 0 Å². The van der Waals surface area contributed by atoms with Gasteiger partial charge in [0.1, 0.15) is 11.6 Å². The fourth-order valence-electron chi connectivity index (χ4n) is 3.90. The van der Waals surface area contributed by atoms with Crippen molar-refractivity contribution in [1.82, 2.24) is 9.55 Å². The van der Waals surface area contributed by atoms with Crippen molar-refractivity contribution in [3.63, 3.8) is 0 Å². The molecule has 1 fully saturated rings. The largest absolute Gasteiger partial charge is 0.324 e. The Balaban J connectivity index is 2.15. The standard InChI is InChI=1S/C17H22ClFN2/c1-4-12-5-6-15(11(12)3)21-16-7-10(2)13(19)8-14(16)20-17(21)9-18/h7-8,11-12,15H,4-6,9H2,1-3H3. The summed E-state index contributed by atoms with van der Waals surface area (Å²) in [5.74, 6) is 2.41. The molecule has 3 rings (SSSR count). The van der Waals surface area contributed by atoms with Gasteiger partial charge in [-0.3, -0.25) is 0 Å². The molecular weight excluding hydrogens is 287 g/mol. The third-order valence-electron chi connectivity index (χ3n) is 5.20. The number of alkyl halides is 1. The van der Waals surface area contributed by atoms with Crippen molar-refractivity contribution in [1.29, 1.82) is 0 Å². The van der Waals surface area contributed by atoms with E-state index in [0.29, 0.717) is 23.4 Å². The number of halogens is 2. The summed E-state index contributed by atoms with van der Waals surface area (Å²) < 4.78 is 16.1. The number of rotatable bonds is 3. The molecule has 0 N–H and O–H groups in total. The highest BCUT2D eigenvalue weighted by Gasteiger charge is 2.34. The monoisotopic (exact) mass is 308 g/mol. The number of aryl methyl sites for hydroxylation is 1. The topological polar surface area (TPSA) is 17.8 Å². The predicted molar refractivity (Wildman–Crippen MR) is 85.2 cm³/mol. The van der Waals surface area contributed by atoms with E-state index in [9.17, 15) is 4.39 Å². The zero-order chi connectivity index (χ0) is 15.1. The summed E-state index contributed by atoms with van der Waals surface area (Å²) in [5, 5.41) is 0. The maximum Gasteiger partial charge on any atom is 0.128 e. The fourth-order valence-corrected chi connectivity index (χ4v) is 4.09. The first-order chi connectivity index (χ1) is 10.1. The van der Waals surface area contributed by atoms with Gasteiger partial charge in [-0.05, 0) is 43.2 Å². The van der Waals surface area contributed by atoms with Gasteiger partial charge in [0.05, 0.1) is 16.9 Å². The second-order valence-corrected chi connectivity index (χ2v) is 6.56. The van der Waals surface area contributed by atoms with Gasteiger partial charge in [0.15, 0.2) is 0 Å². The van der Waals surface area contributed by atoms with E-state index in [4.69, 9.17) is 11.6 Å². The van der Waals surface area contributed by atoms with Crippen LogP contribution in [-0.2, 0) is 5.88 Å². The highest BCUT2D eigenvalue weighted by Crippen LogP contribution is 2.43. The first-order valence-corrected chi connectivity index (χ1v) is 8.33. The van der Waals surface area contributed by atoms with Crippen molar-refractivity contribution < 1.29 is 4.39 Å². The predicted octanol–water partition coefficient (Wildman–Crippen LogP) is 5.22. The Labute approximate surface area is 130 Å². The summed E-state index contributed by atoms with van der Waals surface area (Å²) in [6, 6.07) is 3.88. The van der Waals surface area contributed by atoms with Gasteiger partial charge >= 0.3 is 0 Å². The van der Waals surface area contributed by atoms with Crippen molar-refractivity contribution in [2.75, 3.05) is 0 Å². The zero-order valence-electron chi connectivity index (χ0n) is 12.9. The molecule has 1 saturated carbocycles. The number of hydrogen-bond donors (Lipinski definition) is 0. The van der Waals surface area contributed by atoms with Crippen molar-refractivity contribution in [3.8, 4) is 0 Å². The van der Waals surface area contributed by atoms with Crippen LogP contribution in [0.1, 0.15) is 50.5 Å². The summed E-state index contributed by atoms with van der Waals surface area (Å²) in [7, 11) is 0. The van der Waals surface area contributed by atoms with Crippen LogP contribution >= 0.6 is 11.6 Å². The van der Waals surface area contributed by atoms with Crippen LogP contribution in [0.3, 0.4) is 0 Å². The van der Waals surface area contributed by atoms with Crippen LogP contribution in [0, 0.1) is 24.6 Å². The molecule has 0 bridgehead atoms. The molecule has 0 radical (unpaired) electrons. The van der Waals surface area contributed by atoms with Gasteiger partial charge in [-0.2, -0.15) is 0 Å². The molecule has 114 valence electrons. The molecule has 21 heavy (non-hydrogen) atoms. The van der Waals surface area contributed by atoms with Crippen LogP contribution < -0.4 is 0 Å². The molecule has 1 aliphatic rings. The Morgan fingerprint density at radius 3 is 2.76 bits per heavy atom. The van der Waals surface area contributed by atoms with Crippen LogP contribution in [0.25, 0.3) is 11.0 Å². The second kappa shape index (κ2) is 5.60. The minimum Gasteiger partial charge on any atom is -0.324 e. The van der Waals surface area contributed by atoms with Crippen LogP contribution in [0.15, 0.2) is 12.1 Å². The van der Waals surface area contributed by atoms with Crippen molar-refractivity contribution in [2.45, 2.75) is 52.0 Å². The Morgan fingerprint density at radius 1 is 1.38 bits per heavy atom. The molecule has 2 nitrogen and oxygen atoms in total. The van der Waals surface area contributed by atoms with Crippen LogP contribution in [0.4, 0.5) is 4.39 Å². The third-order valence-corrected chi connectivity index (χ3v) is 5.44.